The number of halogens is 6. The predicted octanol–water partition coefficient (Wildman–Crippen LogP) is 4.41. The van der Waals surface area contributed by atoms with Crippen LogP contribution in [-0.2, 0) is 22.8 Å². The first-order chi connectivity index (χ1) is 18.4. The second-order valence-electron chi connectivity index (χ2n) is 9.96. The van der Waals surface area contributed by atoms with E-state index >= 15 is 0 Å². The maximum Gasteiger partial charge on any atom is 0.391 e. The van der Waals surface area contributed by atoms with Gasteiger partial charge in [-0.05, 0) is 32.6 Å². The zero-order valence-electron chi connectivity index (χ0n) is 21.9. The summed E-state index contributed by atoms with van der Waals surface area (Å²) in [5, 5.41) is 16.7. The van der Waals surface area contributed by atoms with E-state index in [1.165, 1.54) is 4.68 Å². The topological polar surface area (TPSA) is 123 Å². The van der Waals surface area contributed by atoms with E-state index in [0.29, 0.717) is 0 Å². The molecule has 9 nitrogen and oxygen atoms in total. The van der Waals surface area contributed by atoms with Crippen LogP contribution < -0.4 is 10.1 Å². The molecule has 0 radical (unpaired) electrons. The molecular formula is C24H30ClF5N4O5S. The van der Waals surface area contributed by atoms with Crippen molar-refractivity contribution in [3.05, 3.63) is 28.7 Å². The number of nitrogens with one attached hydrogen (secondary N) is 1. The summed E-state index contributed by atoms with van der Waals surface area (Å²) in [6.07, 6.45) is -2.16. The maximum atomic E-state index is 13.2. The molecule has 1 fully saturated rings. The number of ether oxygens (including phenoxy) is 1. The molecule has 224 valence electrons. The molecule has 16 heteroatoms. The van der Waals surface area contributed by atoms with Crippen molar-refractivity contribution < 1.29 is 45.0 Å². The number of sulfone groups is 1. The highest BCUT2D eigenvalue weighted by atomic mass is 35.5. The monoisotopic (exact) mass is 616 g/mol. The van der Waals surface area contributed by atoms with Gasteiger partial charge in [-0.15, -0.1) is 0 Å². The van der Waals surface area contributed by atoms with Crippen molar-refractivity contribution in [1.29, 1.82) is 0 Å². The molecule has 1 aliphatic carbocycles. The van der Waals surface area contributed by atoms with Crippen LogP contribution in [0.3, 0.4) is 0 Å². The molecule has 0 unspecified atom stereocenters. The Labute approximate surface area is 233 Å². The molecule has 0 saturated heterocycles. The van der Waals surface area contributed by atoms with Gasteiger partial charge < -0.3 is 15.2 Å². The second-order valence-corrected chi connectivity index (χ2v) is 12.7. The van der Waals surface area contributed by atoms with Crippen molar-refractivity contribution in [2.75, 3.05) is 12.8 Å². The number of aliphatic hydroxyl groups is 1. The third kappa shape index (κ3) is 7.60. The number of aryl methyl sites for hydroxylation is 1. The van der Waals surface area contributed by atoms with Crippen molar-refractivity contribution in [3.63, 3.8) is 0 Å². The minimum Gasteiger partial charge on any atom is -0.434 e. The number of hydrogen-bond acceptors (Lipinski definition) is 7. The van der Waals surface area contributed by atoms with E-state index in [0.717, 1.165) is 25.4 Å². The molecule has 0 aromatic carbocycles. The minimum absolute atomic E-state index is 0.0136. The molecule has 2 heterocycles. The Morgan fingerprint density at radius 2 is 1.95 bits per heavy atom. The van der Waals surface area contributed by atoms with Crippen LogP contribution >= 0.6 is 11.6 Å². The van der Waals surface area contributed by atoms with Crippen LogP contribution in [-0.4, -0.2) is 70.6 Å². The Morgan fingerprint density at radius 3 is 2.48 bits per heavy atom. The summed E-state index contributed by atoms with van der Waals surface area (Å²) in [6, 6.07) is 0.967. The van der Waals surface area contributed by atoms with Crippen LogP contribution in [0.1, 0.15) is 55.7 Å². The first kappa shape index (κ1) is 32.0. The highest BCUT2D eigenvalue weighted by Crippen LogP contribution is 2.39. The molecule has 1 aliphatic rings. The molecule has 1 saturated carbocycles. The number of aromatic nitrogens is 3. The van der Waals surface area contributed by atoms with Gasteiger partial charge in [0, 0.05) is 43.7 Å². The summed E-state index contributed by atoms with van der Waals surface area (Å²) >= 11 is 6.46. The molecule has 40 heavy (non-hydrogen) atoms. The van der Waals surface area contributed by atoms with Gasteiger partial charge in [-0.3, -0.25) is 14.5 Å². The third-order valence-electron chi connectivity index (χ3n) is 6.92. The molecule has 0 spiro atoms. The summed E-state index contributed by atoms with van der Waals surface area (Å²) in [5.41, 5.74) is -1.89. The molecule has 0 bridgehead atoms. The molecule has 0 aliphatic heterocycles. The SMILES string of the molecule is CCn1nc(C(=O)NCC2(O)CCC(S(C)(=O)=O)CC2)c(Cl)c1-c1cnc(C[C@@H](C)C(F)(F)F)cc1OC(F)F. The Bertz CT molecular complexity index is 1330. The van der Waals surface area contributed by atoms with E-state index in [-0.39, 0.29) is 66.4 Å². The first-order valence-corrected chi connectivity index (χ1v) is 14.7. The van der Waals surface area contributed by atoms with Crippen molar-refractivity contribution in [3.8, 4) is 17.0 Å². The number of nitrogens with zero attached hydrogens (tertiary/aromatic N) is 3. The van der Waals surface area contributed by atoms with Crippen molar-refractivity contribution >= 4 is 27.3 Å². The van der Waals surface area contributed by atoms with E-state index in [1.54, 1.807) is 6.92 Å². The lowest BCUT2D eigenvalue weighted by Gasteiger charge is -2.35. The standard InChI is InChI=1S/C24H30ClF5N4O5S/c1-4-34-20(16-11-31-14(9-13(2)24(28,29)30)10-17(16)39-22(26)27)18(25)19(33-34)21(35)32-12-23(36)7-5-15(6-8-23)40(3,37)38/h10-11,13,15,22,36H,4-9,12H2,1-3H3,(H,32,35)/t13-,15?,23?/m1/s1. The smallest absolute Gasteiger partial charge is 0.391 e. The normalized spacial score (nSPS) is 20.9. The fourth-order valence-corrected chi connectivity index (χ4v) is 5.94. The highest BCUT2D eigenvalue weighted by molar-refractivity contribution is 7.91. The predicted molar refractivity (Wildman–Crippen MR) is 136 cm³/mol. The van der Waals surface area contributed by atoms with Gasteiger partial charge in [0.2, 0.25) is 0 Å². The van der Waals surface area contributed by atoms with Gasteiger partial charge in [-0.25, -0.2) is 8.42 Å². The largest absolute Gasteiger partial charge is 0.434 e. The summed E-state index contributed by atoms with van der Waals surface area (Å²) in [7, 11) is -3.25. The Morgan fingerprint density at radius 1 is 1.32 bits per heavy atom. The van der Waals surface area contributed by atoms with Crippen molar-refractivity contribution in [1.82, 2.24) is 20.1 Å². The van der Waals surface area contributed by atoms with Crippen LogP contribution in [0.15, 0.2) is 12.3 Å². The Balaban J connectivity index is 1.86. The molecule has 1 atom stereocenters. The fraction of sp³-hybridized carbons (Fsp3) is 0.625. The second kappa shape index (κ2) is 12.1. The van der Waals surface area contributed by atoms with E-state index in [1.807, 2.05) is 0 Å². The number of amides is 1. The number of rotatable bonds is 10. The van der Waals surface area contributed by atoms with Gasteiger partial charge in [0.15, 0.2) is 5.69 Å². The van der Waals surface area contributed by atoms with E-state index in [9.17, 15) is 40.3 Å². The highest BCUT2D eigenvalue weighted by Gasteiger charge is 2.38. The molecule has 3 rings (SSSR count). The van der Waals surface area contributed by atoms with Gasteiger partial charge in [0.05, 0.1) is 33.0 Å². The van der Waals surface area contributed by atoms with Crippen LogP contribution in [0, 0.1) is 5.92 Å². The van der Waals surface area contributed by atoms with Gasteiger partial charge >= 0.3 is 12.8 Å². The van der Waals surface area contributed by atoms with Gasteiger partial charge in [-0.2, -0.15) is 27.1 Å². The van der Waals surface area contributed by atoms with Crippen molar-refractivity contribution in [2.45, 2.75) is 76.1 Å². The van der Waals surface area contributed by atoms with Gasteiger partial charge in [0.1, 0.15) is 15.6 Å². The van der Waals surface area contributed by atoms with E-state index < -0.39 is 57.5 Å². The minimum atomic E-state index is -4.52. The lowest BCUT2D eigenvalue weighted by Crippen LogP contribution is -2.47. The maximum absolute atomic E-state index is 13.2. The average Bonchev–Trinajstić information content (AvgIpc) is 3.17. The van der Waals surface area contributed by atoms with Crippen LogP contribution in [0.2, 0.25) is 5.02 Å². The number of alkyl halides is 5. The quantitative estimate of drug-likeness (QED) is 0.379. The van der Waals surface area contributed by atoms with Gasteiger partial charge in [-0.1, -0.05) is 18.5 Å². The summed E-state index contributed by atoms with van der Waals surface area (Å²) in [6.45, 7) is -0.823. The summed E-state index contributed by atoms with van der Waals surface area (Å²) < 4.78 is 94.8. The zero-order chi connectivity index (χ0) is 30.0. The zero-order valence-corrected chi connectivity index (χ0v) is 23.5. The van der Waals surface area contributed by atoms with Crippen LogP contribution in [0.4, 0.5) is 22.0 Å². The van der Waals surface area contributed by atoms with E-state index in [4.69, 9.17) is 11.6 Å². The van der Waals surface area contributed by atoms with Crippen LogP contribution in [0.25, 0.3) is 11.3 Å². The molecule has 2 aromatic rings. The number of hydrogen-bond donors (Lipinski definition) is 2. The van der Waals surface area contributed by atoms with E-state index in [2.05, 4.69) is 20.1 Å². The van der Waals surface area contributed by atoms with Crippen molar-refractivity contribution in [2.24, 2.45) is 5.92 Å². The first-order valence-electron chi connectivity index (χ1n) is 12.4. The molecule has 2 aromatic heterocycles. The molecule has 1 amide bonds. The number of carbonyl (C=O) groups excluding carboxylic acids is 1. The Hall–Kier alpha value is -2.52. The fourth-order valence-electron chi connectivity index (χ4n) is 4.52. The third-order valence-corrected chi connectivity index (χ3v) is 8.96. The lowest BCUT2D eigenvalue weighted by molar-refractivity contribution is -0.169. The summed E-state index contributed by atoms with van der Waals surface area (Å²) in [4.78, 5) is 16.9. The molecular weight excluding hydrogens is 587 g/mol. The number of pyridine rings is 1. The lowest BCUT2D eigenvalue weighted by atomic mass is 9.84. The number of carbonyl (C=O) groups is 1. The molecule has 2 N–H and O–H groups in total. The average molecular weight is 617 g/mol. The van der Waals surface area contributed by atoms with Crippen LogP contribution in [0.5, 0.6) is 5.75 Å². The Kier molecular flexibility index (Phi) is 9.72. The van der Waals surface area contributed by atoms with Gasteiger partial charge in [0.25, 0.3) is 5.91 Å². The summed E-state index contributed by atoms with van der Waals surface area (Å²) in [5.74, 6) is -3.06.